The first-order valence-corrected chi connectivity index (χ1v) is 8.74. The molecule has 25 heavy (non-hydrogen) atoms. The van der Waals surface area contributed by atoms with E-state index in [1.165, 1.54) is 0 Å². The number of nitrogens with one attached hydrogen (secondary N) is 2. The number of anilines is 1. The first-order valence-electron chi connectivity index (χ1n) is 7.95. The fourth-order valence-corrected chi connectivity index (χ4v) is 3.14. The summed E-state index contributed by atoms with van der Waals surface area (Å²) in [5.41, 5.74) is 5.44. The third kappa shape index (κ3) is 4.53. The van der Waals surface area contributed by atoms with Crippen LogP contribution in [0.1, 0.15) is 27.2 Å². The smallest absolute Gasteiger partial charge is 0.243 e. The molecule has 0 aliphatic heterocycles. The predicted molar refractivity (Wildman–Crippen MR) is 104 cm³/mol. The Morgan fingerprint density at radius 2 is 1.92 bits per heavy atom. The summed E-state index contributed by atoms with van der Waals surface area (Å²) in [4.78, 5) is 24.4. The van der Waals surface area contributed by atoms with Crippen LogP contribution in [0.3, 0.4) is 0 Å². The van der Waals surface area contributed by atoms with Crippen molar-refractivity contribution in [2.45, 2.75) is 38.8 Å². The standard InChI is InChI=1S/C17H24BrN3O3.ClH/c1-4-24-13-9-17(19,16(13,2)3)15(23)20-10-14(22)21-12-7-5-11(18)6-8-12;/h5-8,13H,4,9-10,19H2,1-3H3,(H,20,23)(H,21,22);1H. The van der Waals surface area contributed by atoms with E-state index in [9.17, 15) is 9.59 Å². The van der Waals surface area contributed by atoms with Crippen molar-refractivity contribution in [3.8, 4) is 0 Å². The number of amides is 2. The second kappa shape index (κ2) is 8.49. The van der Waals surface area contributed by atoms with Gasteiger partial charge in [-0.2, -0.15) is 0 Å². The molecule has 1 aliphatic rings. The molecule has 2 rings (SSSR count). The van der Waals surface area contributed by atoms with Crippen LogP contribution in [-0.2, 0) is 14.3 Å². The topological polar surface area (TPSA) is 93.4 Å². The molecule has 140 valence electrons. The van der Waals surface area contributed by atoms with Crippen molar-refractivity contribution in [2.75, 3.05) is 18.5 Å². The molecule has 1 aromatic rings. The van der Waals surface area contributed by atoms with E-state index in [4.69, 9.17) is 10.5 Å². The summed E-state index contributed by atoms with van der Waals surface area (Å²) in [7, 11) is 0. The normalized spacial score (nSPS) is 23.8. The molecule has 0 heterocycles. The molecule has 8 heteroatoms. The zero-order valence-electron chi connectivity index (χ0n) is 14.6. The third-order valence-corrected chi connectivity index (χ3v) is 5.30. The molecule has 2 unspecified atom stereocenters. The molecule has 0 saturated heterocycles. The molecule has 0 radical (unpaired) electrons. The first kappa shape index (κ1) is 21.9. The number of halogens is 2. The van der Waals surface area contributed by atoms with Crippen LogP contribution in [0.2, 0.25) is 0 Å². The van der Waals surface area contributed by atoms with Crippen LogP contribution in [0.4, 0.5) is 5.69 Å². The highest BCUT2D eigenvalue weighted by atomic mass is 79.9. The lowest BCUT2D eigenvalue weighted by molar-refractivity contribution is -0.170. The van der Waals surface area contributed by atoms with Crippen LogP contribution < -0.4 is 16.4 Å². The van der Waals surface area contributed by atoms with Gasteiger partial charge in [-0.25, -0.2) is 0 Å². The lowest BCUT2D eigenvalue weighted by atomic mass is 9.54. The molecule has 0 bridgehead atoms. The Kier molecular flexibility index (Phi) is 7.43. The van der Waals surface area contributed by atoms with Gasteiger partial charge in [0.1, 0.15) is 5.54 Å². The molecule has 2 amide bonds. The second-order valence-electron chi connectivity index (χ2n) is 6.58. The summed E-state index contributed by atoms with van der Waals surface area (Å²) >= 11 is 3.33. The van der Waals surface area contributed by atoms with Crippen LogP contribution in [0, 0.1) is 5.41 Å². The first-order chi connectivity index (χ1) is 11.2. The molecular formula is C17H25BrClN3O3. The van der Waals surface area contributed by atoms with E-state index < -0.39 is 11.0 Å². The van der Waals surface area contributed by atoms with Gasteiger partial charge in [0, 0.05) is 28.6 Å². The molecule has 0 aromatic heterocycles. The molecule has 1 fully saturated rings. The summed E-state index contributed by atoms with van der Waals surface area (Å²) in [6.07, 6.45) is 0.406. The minimum atomic E-state index is -1.02. The van der Waals surface area contributed by atoms with Crippen LogP contribution in [0.25, 0.3) is 0 Å². The number of carbonyl (C=O) groups is 2. The highest BCUT2D eigenvalue weighted by Gasteiger charge is 2.62. The zero-order chi connectivity index (χ0) is 18.0. The van der Waals surface area contributed by atoms with E-state index in [0.717, 1.165) is 4.47 Å². The maximum absolute atomic E-state index is 12.4. The highest BCUT2D eigenvalue weighted by molar-refractivity contribution is 9.10. The van der Waals surface area contributed by atoms with Crippen molar-refractivity contribution in [3.63, 3.8) is 0 Å². The summed E-state index contributed by atoms with van der Waals surface area (Å²) in [6, 6.07) is 7.20. The molecule has 2 atom stereocenters. The minimum Gasteiger partial charge on any atom is -0.378 e. The maximum Gasteiger partial charge on any atom is 0.243 e. The van der Waals surface area contributed by atoms with Gasteiger partial charge in [0.05, 0.1) is 12.6 Å². The van der Waals surface area contributed by atoms with Crippen molar-refractivity contribution < 1.29 is 14.3 Å². The van der Waals surface area contributed by atoms with Gasteiger partial charge in [0.25, 0.3) is 0 Å². The van der Waals surface area contributed by atoms with Crippen LogP contribution in [0.5, 0.6) is 0 Å². The van der Waals surface area contributed by atoms with E-state index in [2.05, 4.69) is 26.6 Å². The summed E-state index contributed by atoms with van der Waals surface area (Å²) < 4.78 is 6.54. The fraction of sp³-hybridized carbons (Fsp3) is 0.529. The summed E-state index contributed by atoms with van der Waals surface area (Å²) in [5, 5.41) is 5.36. The summed E-state index contributed by atoms with van der Waals surface area (Å²) in [6.45, 7) is 6.21. The van der Waals surface area contributed by atoms with Gasteiger partial charge in [-0.1, -0.05) is 29.8 Å². The predicted octanol–water partition coefficient (Wildman–Crippen LogP) is 2.46. The van der Waals surface area contributed by atoms with E-state index in [1.807, 2.05) is 32.9 Å². The maximum atomic E-state index is 12.4. The van der Waals surface area contributed by atoms with Crippen LogP contribution >= 0.6 is 28.3 Å². The molecule has 1 aromatic carbocycles. The number of hydrogen-bond acceptors (Lipinski definition) is 4. The van der Waals surface area contributed by atoms with Crippen molar-refractivity contribution in [3.05, 3.63) is 28.7 Å². The number of benzene rings is 1. The Bertz CT molecular complexity index is 624. The lowest BCUT2D eigenvalue weighted by Gasteiger charge is -2.57. The average molecular weight is 435 g/mol. The SMILES string of the molecule is CCOC1CC(N)(C(=O)NCC(=O)Nc2ccc(Br)cc2)C1(C)C.Cl. The van der Waals surface area contributed by atoms with Gasteiger partial charge < -0.3 is 21.1 Å². The quantitative estimate of drug-likeness (QED) is 0.641. The Morgan fingerprint density at radius 3 is 2.44 bits per heavy atom. The number of rotatable bonds is 6. The van der Waals surface area contributed by atoms with E-state index in [-0.39, 0.29) is 36.9 Å². The van der Waals surface area contributed by atoms with Gasteiger partial charge in [0.2, 0.25) is 11.8 Å². The minimum absolute atomic E-state index is 0. The molecule has 6 nitrogen and oxygen atoms in total. The van der Waals surface area contributed by atoms with Crippen molar-refractivity contribution >= 4 is 45.8 Å². The van der Waals surface area contributed by atoms with E-state index in [1.54, 1.807) is 12.1 Å². The van der Waals surface area contributed by atoms with Crippen molar-refractivity contribution in [1.29, 1.82) is 0 Å². The zero-order valence-corrected chi connectivity index (χ0v) is 17.0. The van der Waals surface area contributed by atoms with Crippen LogP contribution in [-0.4, -0.2) is 36.6 Å². The number of nitrogens with two attached hydrogens (primary N) is 1. The van der Waals surface area contributed by atoms with Gasteiger partial charge in [-0.05, 0) is 31.2 Å². The third-order valence-electron chi connectivity index (χ3n) is 4.77. The fourth-order valence-electron chi connectivity index (χ4n) is 2.88. The molecule has 0 spiro atoms. The second-order valence-corrected chi connectivity index (χ2v) is 7.49. The summed E-state index contributed by atoms with van der Waals surface area (Å²) in [5.74, 6) is -0.623. The van der Waals surface area contributed by atoms with Gasteiger partial charge >= 0.3 is 0 Å². The lowest BCUT2D eigenvalue weighted by Crippen LogP contribution is -2.76. The van der Waals surface area contributed by atoms with E-state index >= 15 is 0 Å². The van der Waals surface area contributed by atoms with Gasteiger partial charge in [-0.15, -0.1) is 12.4 Å². The number of carbonyl (C=O) groups excluding carboxylic acids is 2. The molecule has 1 saturated carbocycles. The Labute approximate surface area is 162 Å². The average Bonchev–Trinajstić information content (AvgIpc) is 2.54. The largest absolute Gasteiger partial charge is 0.378 e. The van der Waals surface area contributed by atoms with E-state index in [0.29, 0.717) is 18.7 Å². The molecule has 4 N–H and O–H groups in total. The van der Waals surface area contributed by atoms with Crippen LogP contribution in [0.15, 0.2) is 28.7 Å². The van der Waals surface area contributed by atoms with Crippen molar-refractivity contribution in [1.82, 2.24) is 5.32 Å². The van der Waals surface area contributed by atoms with Gasteiger partial charge in [0.15, 0.2) is 0 Å². The van der Waals surface area contributed by atoms with Crippen molar-refractivity contribution in [2.24, 2.45) is 11.1 Å². The Balaban J connectivity index is 0.00000312. The molecule has 1 aliphatic carbocycles. The van der Waals surface area contributed by atoms with Gasteiger partial charge in [-0.3, -0.25) is 9.59 Å². The number of ether oxygens (including phenoxy) is 1. The number of hydrogen-bond donors (Lipinski definition) is 3. The monoisotopic (exact) mass is 433 g/mol. The Morgan fingerprint density at radius 1 is 1.32 bits per heavy atom. The molecular weight excluding hydrogens is 410 g/mol. The Hall–Kier alpha value is -1.15. The highest BCUT2D eigenvalue weighted by Crippen LogP contribution is 2.49.